The Bertz CT molecular complexity index is 1180. The fraction of sp³-hybridized carbons (Fsp3) is 0.500. The third-order valence-corrected chi connectivity index (χ3v) is 9.72. The van der Waals surface area contributed by atoms with E-state index >= 15 is 0 Å². The number of hydrogen-bond donors (Lipinski definition) is 1. The van der Waals surface area contributed by atoms with Gasteiger partial charge in [0.25, 0.3) is 5.91 Å². The first kappa shape index (κ1) is 24.5. The zero-order valence-corrected chi connectivity index (χ0v) is 21.9. The molecular weight excluding hydrogens is 484 g/mol. The monoisotopic (exact) mass is 518 g/mol. The summed E-state index contributed by atoms with van der Waals surface area (Å²) in [5, 5.41) is 3.40. The number of fused-ring (bicyclic) bond motifs is 1. The van der Waals surface area contributed by atoms with Crippen molar-refractivity contribution in [1.82, 2.24) is 5.32 Å². The third kappa shape index (κ3) is 5.15. The molecule has 0 saturated heterocycles. The topological polar surface area (TPSA) is 75.7 Å². The summed E-state index contributed by atoms with van der Waals surface area (Å²) in [4.78, 5) is 41.2. The Hall–Kier alpha value is -2.80. The molecule has 0 radical (unpaired) electrons. The molecule has 0 atom stereocenters. The second-order valence-electron chi connectivity index (χ2n) is 11.4. The first-order chi connectivity index (χ1) is 18.0. The van der Waals surface area contributed by atoms with Crippen LogP contribution in [0.4, 0.5) is 5.69 Å². The van der Waals surface area contributed by atoms with Crippen LogP contribution in [0.15, 0.2) is 53.4 Å². The number of esters is 1. The minimum Gasteiger partial charge on any atom is -0.452 e. The summed E-state index contributed by atoms with van der Waals surface area (Å²) in [5.41, 5.74) is 2.41. The molecule has 1 heterocycles. The molecular formula is C30H34N2O4S. The molecule has 4 aliphatic carbocycles. The quantitative estimate of drug-likeness (QED) is 0.412. The Labute approximate surface area is 222 Å². The first-order valence-corrected chi connectivity index (χ1v) is 14.5. The van der Waals surface area contributed by atoms with Gasteiger partial charge in [-0.1, -0.05) is 30.3 Å². The van der Waals surface area contributed by atoms with Crippen LogP contribution in [-0.2, 0) is 20.7 Å². The van der Waals surface area contributed by atoms with Gasteiger partial charge in [-0.15, -0.1) is 11.8 Å². The lowest BCUT2D eigenvalue weighted by molar-refractivity contribution is -0.124. The van der Waals surface area contributed by atoms with Crippen LogP contribution in [0.25, 0.3) is 0 Å². The van der Waals surface area contributed by atoms with Crippen molar-refractivity contribution in [2.75, 3.05) is 23.8 Å². The normalized spacial score (nSPS) is 27.5. The molecule has 0 unspecified atom stereocenters. The SMILES string of the molecule is O=C(CSc1ccccc1C(=O)OCC(=O)N1CCCc2ccccc21)NC12CC3CC(CC(C3)C1)C2. The van der Waals surface area contributed by atoms with Crippen molar-refractivity contribution in [1.29, 1.82) is 0 Å². The molecule has 37 heavy (non-hydrogen) atoms. The van der Waals surface area contributed by atoms with Crippen LogP contribution in [0.3, 0.4) is 0 Å². The van der Waals surface area contributed by atoms with Crippen molar-refractivity contribution in [3.63, 3.8) is 0 Å². The zero-order chi connectivity index (χ0) is 25.4. The van der Waals surface area contributed by atoms with Crippen LogP contribution in [0.5, 0.6) is 0 Å². The van der Waals surface area contributed by atoms with Gasteiger partial charge in [0.05, 0.1) is 11.3 Å². The van der Waals surface area contributed by atoms with Gasteiger partial charge >= 0.3 is 5.97 Å². The minimum atomic E-state index is -0.539. The Morgan fingerprint density at radius 2 is 1.62 bits per heavy atom. The maximum Gasteiger partial charge on any atom is 0.339 e. The maximum absolute atomic E-state index is 13.0. The number of hydrogen-bond acceptors (Lipinski definition) is 5. The molecule has 4 fully saturated rings. The van der Waals surface area contributed by atoms with Crippen molar-refractivity contribution in [2.45, 2.75) is 61.8 Å². The molecule has 0 aromatic heterocycles. The van der Waals surface area contributed by atoms with Gasteiger partial charge < -0.3 is 15.0 Å². The van der Waals surface area contributed by atoms with E-state index in [2.05, 4.69) is 5.32 Å². The van der Waals surface area contributed by atoms with Crippen LogP contribution in [0, 0.1) is 17.8 Å². The average molecular weight is 519 g/mol. The van der Waals surface area contributed by atoms with E-state index in [0.717, 1.165) is 61.1 Å². The second kappa shape index (κ2) is 10.2. The predicted molar refractivity (Wildman–Crippen MR) is 144 cm³/mol. The Balaban J connectivity index is 1.05. The molecule has 2 amide bonds. The number of anilines is 1. The van der Waals surface area contributed by atoms with Crippen LogP contribution in [0.1, 0.15) is 60.9 Å². The van der Waals surface area contributed by atoms with Crippen molar-refractivity contribution >= 4 is 35.2 Å². The van der Waals surface area contributed by atoms with Crippen molar-refractivity contribution in [2.24, 2.45) is 17.8 Å². The van der Waals surface area contributed by atoms with E-state index < -0.39 is 5.97 Å². The number of carbonyl (C=O) groups excluding carboxylic acids is 3. The number of nitrogens with one attached hydrogen (secondary N) is 1. The van der Waals surface area contributed by atoms with E-state index in [0.29, 0.717) is 17.0 Å². The third-order valence-electron chi connectivity index (χ3n) is 8.65. The number of amides is 2. The number of benzene rings is 2. The summed E-state index contributed by atoms with van der Waals surface area (Å²) >= 11 is 1.36. The Morgan fingerprint density at radius 1 is 0.946 bits per heavy atom. The smallest absolute Gasteiger partial charge is 0.339 e. The van der Waals surface area contributed by atoms with Gasteiger partial charge in [-0.3, -0.25) is 9.59 Å². The highest BCUT2D eigenvalue weighted by Crippen LogP contribution is 2.55. The standard InChI is InChI=1S/C30H34N2O4S/c33-27(31-30-15-20-12-21(16-30)14-22(13-20)17-30)19-37-26-10-4-2-8-24(26)29(35)36-18-28(34)32-11-5-7-23-6-1-3-9-25(23)32/h1-4,6,8-10,20-22H,5,7,11-19H2,(H,31,33). The van der Waals surface area contributed by atoms with E-state index in [4.69, 9.17) is 4.74 Å². The molecule has 6 nitrogen and oxygen atoms in total. The number of para-hydroxylation sites is 1. The number of rotatable bonds is 7. The Kier molecular flexibility index (Phi) is 6.74. The number of nitrogens with zero attached hydrogens (tertiary/aromatic N) is 1. The highest BCUT2D eigenvalue weighted by Gasteiger charge is 2.51. The number of ether oxygens (including phenoxy) is 1. The fourth-order valence-electron chi connectivity index (χ4n) is 7.58. The average Bonchev–Trinajstić information content (AvgIpc) is 2.89. The first-order valence-electron chi connectivity index (χ1n) is 13.6. The van der Waals surface area contributed by atoms with Gasteiger partial charge in [0.2, 0.25) is 5.91 Å². The van der Waals surface area contributed by atoms with Crippen molar-refractivity contribution < 1.29 is 19.1 Å². The fourth-order valence-corrected chi connectivity index (χ4v) is 8.42. The highest BCUT2D eigenvalue weighted by atomic mass is 32.2. The predicted octanol–water partition coefficient (Wildman–Crippen LogP) is 5.00. The molecule has 2 aromatic rings. The van der Waals surface area contributed by atoms with E-state index in [1.54, 1.807) is 17.0 Å². The lowest BCUT2D eigenvalue weighted by Gasteiger charge is -2.56. The van der Waals surface area contributed by atoms with Crippen LogP contribution >= 0.6 is 11.8 Å². The molecule has 7 rings (SSSR count). The number of thioether (sulfide) groups is 1. The van der Waals surface area contributed by atoms with Crippen LogP contribution in [0.2, 0.25) is 0 Å². The molecule has 0 spiro atoms. The second-order valence-corrected chi connectivity index (χ2v) is 12.4. The largest absolute Gasteiger partial charge is 0.452 e. The zero-order valence-electron chi connectivity index (χ0n) is 21.1. The molecule has 5 aliphatic rings. The molecule has 1 aliphatic heterocycles. The maximum atomic E-state index is 13.0. The molecule has 194 valence electrons. The summed E-state index contributed by atoms with van der Waals surface area (Å²) in [6.45, 7) is 0.317. The molecule has 1 N–H and O–H groups in total. The summed E-state index contributed by atoms with van der Waals surface area (Å²) in [5.74, 6) is 1.86. The molecule has 4 bridgehead atoms. The minimum absolute atomic E-state index is 0.0156. The lowest BCUT2D eigenvalue weighted by atomic mass is 9.53. The van der Waals surface area contributed by atoms with Gasteiger partial charge in [0.15, 0.2) is 6.61 Å². The summed E-state index contributed by atoms with van der Waals surface area (Å²) in [7, 11) is 0. The van der Waals surface area contributed by atoms with Crippen LogP contribution in [-0.4, -0.2) is 42.2 Å². The molecule has 4 saturated carbocycles. The molecule has 2 aromatic carbocycles. The van der Waals surface area contributed by atoms with Gasteiger partial charge in [-0.25, -0.2) is 4.79 Å². The van der Waals surface area contributed by atoms with Crippen molar-refractivity contribution in [3.05, 3.63) is 59.7 Å². The van der Waals surface area contributed by atoms with Gasteiger partial charge in [0, 0.05) is 22.7 Å². The van der Waals surface area contributed by atoms with E-state index in [1.807, 2.05) is 36.4 Å². The van der Waals surface area contributed by atoms with Crippen LogP contribution < -0.4 is 10.2 Å². The number of aryl methyl sites for hydroxylation is 1. The van der Waals surface area contributed by atoms with Crippen molar-refractivity contribution in [3.8, 4) is 0 Å². The Morgan fingerprint density at radius 3 is 2.38 bits per heavy atom. The molecule has 7 heteroatoms. The summed E-state index contributed by atoms with van der Waals surface area (Å²) in [6.07, 6.45) is 9.21. The number of carbonyl (C=O) groups is 3. The van der Waals surface area contributed by atoms with E-state index in [1.165, 1.54) is 31.0 Å². The highest BCUT2D eigenvalue weighted by molar-refractivity contribution is 8.00. The van der Waals surface area contributed by atoms with Gasteiger partial charge in [-0.05, 0) is 92.9 Å². The summed E-state index contributed by atoms with van der Waals surface area (Å²) < 4.78 is 5.45. The van der Waals surface area contributed by atoms with E-state index in [9.17, 15) is 14.4 Å². The van der Waals surface area contributed by atoms with E-state index in [-0.39, 0.29) is 29.7 Å². The van der Waals surface area contributed by atoms with Gasteiger partial charge in [-0.2, -0.15) is 0 Å². The lowest BCUT2D eigenvalue weighted by Crippen LogP contribution is -2.60. The summed E-state index contributed by atoms with van der Waals surface area (Å²) in [6, 6.07) is 15.0. The van der Waals surface area contributed by atoms with Gasteiger partial charge in [0.1, 0.15) is 0 Å².